The third-order valence-corrected chi connectivity index (χ3v) is 5.22. The number of nitrogens with zero attached hydrogens (tertiary/aromatic N) is 3. The van der Waals surface area contributed by atoms with Crippen molar-refractivity contribution in [3.8, 4) is 22.2 Å². The van der Waals surface area contributed by atoms with Gasteiger partial charge in [0.05, 0.1) is 16.2 Å². The topological polar surface area (TPSA) is 88.2 Å². The SMILES string of the molecule is CCn1c(SCC(=O)c2ccc(O)cc2O)nnc1-c1cccs1. The Morgan fingerprint density at radius 1 is 1.29 bits per heavy atom. The van der Waals surface area contributed by atoms with Gasteiger partial charge in [0.25, 0.3) is 0 Å². The van der Waals surface area contributed by atoms with Crippen LogP contribution in [0.3, 0.4) is 0 Å². The number of hydrogen-bond donors (Lipinski definition) is 2. The lowest BCUT2D eigenvalue weighted by atomic mass is 10.1. The van der Waals surface area contributed by atoms with Crippen molar-refractivity contribution in [3.05, 3.63) is 41.3 Å². The van der Waals surface area contributed by atoms with Gasteiger partial charge in [-0.2, -0.15) is 0 Å². The van der Waals surface area contributed by atoms with E-state index < -0.39 is 0 Å². The molecule has 0 amide bonds. The number of phenols is 2. The van der Waals surface area contributed by atoms with Crippen LogP contribution in [-0.4, -0.2) is 36.5 Å². The summed E-state index contributed by atoms with van der Waals surface area (Å²) in [6, 6.07) is 7.88. The number of aromatic nitrogens is 3. The largest absolute Gasteiger partial charge is 0.508 e. The minimum Gasteiger partial charge on any atom is -0.508 e. The summed E-state index contributed by atoms with van der Waals surface area (Å²) in [5, 5.41) is 30.1. The van der Waals surface area contributed by atoms with Gasteiger partial charge in [0.15, 0.2) is 16.8 Å². The van der Waals surface area contributed by atoms with Gasteiger partial charge in [0, 0.05) is 12.6 Å². The Morgan fingerprint density at radius 3 is 2.79 bits per heavy atom. The van der Waals surface area contributed by atoms with Crippen molar-refractivity contribution < 1.29 is 15.0 Å². The average molecular weight is 361 g/mol. The number of thiophene rings is 1. The van der Waals surface area contributed by atoms with Crippen LogP contribution in [0.2, 0.25) is 0 Å². The Labute approximate surface area is 146 Å². The van der Waals surface area contributed by atoms with Crippen LogP contribution in [0.4, 0.5) is 0 Å². The Hall–Kier alpha value is -2.32. The van der Waals surface area contributed by atoms with Crippen molar-refractivity contribution in [2.75, 3.05) is 5.75 Å². The van der Waals surface area contributed by atoms with Crippen LogP contribution in [0, 0.1) is 0 Å². The second-order valence-corrected chi connectivity index (χ2v) is 6.83. The molecule has 2 aromatic heterocycles. The van der Waals surface area contributed by atoms with E-state index in [0.29, 0.717) is 11.7 Å². The summed E-state index contributed by atoms with van der Waals surface area (Å²) in [4.78, 5) is 13.3. The van der Waals surface area contributed by atoms with Gasteiger partial charge in [-0.15, -0.1) is 21.5 Å². The van der Waals surface area contributed by atoms with Crippen LogP contribution in [0.15, 0.2) is 40.9 Å². The van der Waals surface area contributed by atoms with Gasteiger partial charge in [0.2, 0.25) is 0 Å². The molecule has 3 rings (SSSR count). The first-order chi connectivity index (χ1) is 11.6. The van der Waals surface area contributed by atoms with Crippen LogP contribution >= 0.6 is 23.1 Å². The maximum Gasteiger partial charge on any atom is 0.191 e. The quantitative estimate of drug-likeness (QED) is 0.517. The molecule has 0 saturated heterocycles. The first-order valence-corrected chi connectivity index (χ1v) is 9.11. The summed E-state index contributed by atoms with van der Waals surface area (Å²) in [5.41, 5.74) is 0.182. The monoisotopic (exact) mass is 361 g/mol. The third-order valence-electron chi connectivity index (χ3n) is 3.39. The molecule has 0 unspecified atom stereocenters. The number of carbonyl (C=O) groups is 1. The summed E-state index contributed by atoms with van der Waals surface area (Å²) in [6.45, 7) is 2.69. The maximum atomic E-state index is 12.3. The summed E-state index contributed by atoms with van der Waals surface area (Å²) in [7, 11) is 0. The highest BCUT2D eigenvalue weighted by Gasteiger charge is 2.17. The van der Waals surface area contributed by atoms with Crippen molar-refractivity contribution >= 4 is 28.9 Å². The Balaban J connectivity index is 1.76. The molecule has 0 saturated carbocycles. The van der Waals surface area contributed by atoms with Crippen LogP contribution in [0.1, 0.15) is 17.3 Å². The number of phenolic OH excluding ortho intramolecular Hbond substituents is 2. The molecule has 0 bridgehead atoms. The van der Waals surface area contributed by atoms with Crippen molar-refractivity contribution in [1.82, 2.24) is 14.8 Å². The lowest BCUT2D eigenvalue weighted by molar-refractivity contribution is 0.102. The van der Waals surface area contributed by atoms with E-state index in [1.807, 2.05) is 29.0 Å². The Bertz CT molecular complexity index is 860. The fourth-order valence-corrected chi connectivity index (χ4v) is 3.84. The van der Waals surface area contributed by atoms with E-state index in [9.17, 15) is 15.0 Å². The lowest BCUT2D eigenvalue weighted by Gasteiger charge is -2.06. The number of aromatic hydroxyl groups is 2. The van der Waals surface area contributed by atoms with Gasteiger partial charge in [-0.05, 0) is 30.5 Å². The number of hydrogen-bond acceptors (Lipinski definition) is 7. The molecule has 0 radical (unpaired) electrons. The van der Waals surface area contributed by atoms with Gasteiger partial charge >= 0.3 is 0 Å². The number of carbonyl (C=O) groups excluding carboxylic acids is 1. The number of benzene rings is 1. The van der Waals surface area contributed by atoms with Gasteiger partial charge < -0.3 is 14.8 Å². The molecule has 0 aliphatic heterocycles. The zero-order valence-electron chi connectivity index (χ0n) is 12.8. The molecule has 0 aliphatic rings. The van der Waals surface area contributed by atoms with Crippen molar-refractivity contribution in [1.29, 1.82) is 0 Å². The Kier molecular flexibility index (Phi) is 4.86. The molecule has 0 aliphatic carbocycles. The smallest absolute Gasteiger partial charge is 0.191 e. The van der Waals surface area contributed by atoms with E-state index in [1.165, 1.54) is 23.9 Å². The molecule has 1 aromatic carbocycles. The molecule has 2 heterocycles. The van der Waals surface area contributed by atoms with Crippen molar-refractivity contribution in [2.45, 2.75) is 18.6 Å². The van der Waals surface area contributed by atoms with Gasteiger partial charge in [0.1, 0.15) is 11.5 Å². The molecule has 0 atom stereocenters. The van der Waals surface area contributed by atoms with E-state index >= 15 is 0 Å². The molecule has 6 nitrogen and oxygen atoms in total. The molecular weight excluding hydrogens is 346 g/mol. The fraction of sp³-hybridized carbons (Fsp3) is 0.188. The predicted octanol–water partition coefficient (Wildman–Crippen LogP) is 3.41. The van der Waals surface area contributed by atoms with E-state index in [2.05, 4.69) is 10.2 Å². The minimum atomic E-state index is -0.235. The van der Waals surface area contributed by atoms with Crippen LogP contribution < -0.4 is 0 Å². The molecule has 0 fully saturated rings. The summed E-state index contributed by atoms with van der Waals surface area (Å²) < 4.78 is 1.96. The predicted molar refractivity (Wildman–Crippen MR) is 93.8 cm³/mol. The summed E-state index contributed by atoms with van der Waals surface area (Å²) >= 11 is 2.86. The molecule has 24 heavy (non-hydrogen) atoms. The highest BCUT2D eigenvalue weighted by molar-refractivity contribution is 7.99. The summed E-state index contributed by atoms with van der Waals surface area (Å²) in [6.07, 6.45) is 0. The van der Waals surface area contributed by atoms with Crippen LogP contribution in [0.25, 0.3) is 10.7 Å². The van der Waals surface area contributed by atoms with Crippen molar-refractivity contribution in [3.63, 3.8) is 0 Å². The zero-order valence-corrected chi connectivity index (χ0v) is 14.5. The first kappa shape index (κ1) is 16.5. The second kappa shape index (κ2) is 7.06. The molecule has 0 spiro atoms. The normalized spacial score (nSPS) is 10.9. The van der Waals surface area contributed by atoms with Crippen molar-refractivity contribution in [2.24, 2.45) is 0 Å². The average Bonchev–Trinajstić information content (AvgIpc) is 3.21. The van der Waals surface area contributed by atoms with Gasteiger partial charge in [-0.3, -0.25) is 4.79 Å². The van der Waals surface area contributed by atoms with Gasteiger partial charge in [-0.1, -0.05) is 17.8 Å². The highest BCUT2D eigenvalue weighted by atomic mass is 32.2. The second-order valence-electron chi connectivity index (χ2n) is 4.94. The maximum absolute atomic E-state index is 12.3. The molecule has 3 aromatic rings. The Morgan fingerprint density at radius 2 is 2.12 bits per heavy atom. The molecular formula is C16H15N3O3S2. The minimum absolute atomic E-state index is 0.0805. The van der Waals surface area contributed by atoms with E-state index in [-0.39, 0.29) is 28.6 Å². The van der Waals surface area contributed by atoms with E-state index in [4.69, 9.17) is 0 Å². The third kappa shape index (κ3) is 3.29. The van der Waals surface area contributed by atoms with Crippen LogP contribution in [-0.2, 0) is 6.54 Å². The number of ketones is 1. The zero-order chi connectivity index (χ0) is 17.1. The summed E-state index contributed by atoms with van der Waals surface area (Å²) in [5.74, 6) is 0.372. The number of Topliss-reactive ketones (excluding diaryl/α,β-unsaturated/α-hetero) is 1. The highest BCUT2D eigenvalue weighted by Crippen LogP contribution is 2.29. The van der Waals surface area contributed by atoms with Crippen LogP contribution in [0.5, 0.6) is 11.5 Å². The standard InChI is InChI=1S/C16H15N3O3S2/c1-2-19-15(14-4-3-7-23-14)17-18-16(19)24-9-13(22)11-6-5-10(20)8-12(11)21/h3-8,20-21H,2,9H2,1H3. The number of rotatable bonds is 6. The van der Waals surface area contributed by atoms with Gasteiger partial charge in [-0.25, -0.2) is 0 Å². The molecule has 124 valence electrons. The molecule has 2 N–H and O–H groups in total. The van der Waals surface area contributed by atoms with E-state index in [1.54, 1.807) is 11.3 Å². The van der Waals surface area contributed by atoms with E-state index in [0.717, 1.165) is 16.8 Å². The lowest BCUT2D eigenvalue weighted by Crippen LogP contribution is -2.05. The molecule has 8 heteroatoms. The fourth-order valence-electron chi connectivity index (χ4n) is 2.23. The number of thioether (sulfide) groups is 1. The first-order valence-electron chi connectivity index (χ1n) is 7.25.